The van der Waals surface area contributed by atoms with E-state index in [1.165, 1.54) is 19.1 Å². The zero-order chi connectivity index (χ0) is 22.1. The number of amides is 1. The third-order valence-corrected chi connectivity index (χ3v) is 4.99. The Bertz CT molecular complexity index is 1000. The van der Waals surface area contributed by atoms with Crippen LogP contribution in [0.5, 0.6) is 5.75 Å². The first kappa shape index (κ1) is 21.2. The van der Waals surface area contributed by atoms with Crippen molar-refractivity contribution in [3.63, 3.8) is 0 Å². The first-order chi connectivity index (χ1) is 14.2. The number of Topliss-reactive ketones (excluding diaryl/α,β-unsaturated/α-hetero) is 2. The lowest BCUT2D eigenvalue weighted by Gasteiger charge is -2.29. The molecule has 0 aromatic heterocycles. The molecule has 1 N–H and O–H groups in total. The predicted octanol–water partition coefficient (Wildman–Crippen LogP) is 3.76. The monoisotopic (exact) mass is 409 g/mol. The van der Waals surface area contributed by atoms with Crippen molar-refractivity contribution in [3.05, 3.63) is 64.7 Å². The molecule has 1 aliphatic rings. The topological polar surface area (TPSA) is 98.8 Å². The van der Waals surface area contributed by atoms with Crippen LogP contribution in [0.2, 0.25) is 0 Å². The zero-order valence-electron chi connectivity index (χ0n) is 17.3. The fourth-order valence-electron chi connectivity index (χ4n) is 3.61. The van der Waals surface area contributed by atoms with E-state index in [9.17, 15) is 19.2 Å². The third kappa shape index (κ3) is 3.47. The lowest BCUT2D eigenvalue weighted by atomic mass is 9.83. The molecule has 7 heteroatoms. The van der Waals surface area contributed by atoms with Gasteiger partial charge >= 0.3 is 6.16 Å². The first-order valence-corrected chi connectivity index (χ1v) is 9.68. The lowest BCUT2D eigenvalue weighted by molar-refractivity contribution is -0.120. The maximum atomic E-state index is 13.4. The second kappa shape index (κ2) is 8.10. The van der Waals surface area contributed by atoms with Crippen molar-refractivity contribution >= 4 is 23.6 Å². The molecule has 30 heavy (non-hydrogen) atoms. The Hall–Kier alpha value is -3.48. The van der Waals surface area contributed by atoms with E-state index in [0.29, 0.717) is 0 Å². The van der Waals surface area contributed by atoms with Crippen LogP contribution in [0.25, 0.3) is 0 Å². The van der Waals surface area contributed by atoms with Gasteiger partial charge in [-0.05, 0) is 24.5 Å². The second-order valence-electron chi connectivity index (χ2n) is 7.33. The minimum atomic E-state index is -2.02. The van der Waals surface area contributed by atoms with Crippen molar-refractivity contribution < 1.29 is 28.7 Å². The van der Waals surface area contributed by atoms with E-state index in [1.54, 1.807) is 37.3 Å². The number of nitrogens with one attached hydrogen (secondary N) is 1. The number of ketones is 2. The SMILES string of the molecule is CCOC(=O)Oc1cc(C(C)C)ccc1C1(NC(C)=O)C(=O)c2ccccc2C1=O. The van der Waals surface area contributed by atoms with Gasteiger partial charge in [-0.1, -0.05) is 50.2 Å². The second-order valence-corrected chi connectivity index (χ2v) is 7.33. The zero-order valence-corrected chi connectivity index (χ0v) is 17.3. The normalized spacial score (nSPS) is 14.4. The Balaban J connectivity index is 2.25. The minimum Gasteiger partial charge on any atom is -0.434 e. The molecule has 0 fully saturated rings. The molecule has 1 amide bonds. The fourth-order valence-corrected chi connectivity index (χ4v) is 3.61. The molecule has 0 spiro atoms. The molecule has 156 valence electrons. The fraction of sp³-hybridized carbons (Fsp3) is 0.304. The highest BCUT2D eigenvalue weighted by atomic mass is 16.7. The summed E-state index contributed by atoms with van der Waals surface area (Å²) in [6.45, 7) is 6.85. The van der Waals surface area contributed by atoms with Crippen molar-refractivity contribution in [2.24, 2.45) is 0 Å². The van der Waals surface area contributed by atoms with Gasteiger partial charge in [-0.15, -0.1) is 0 Å². The highest BCUT2D eigenvalue weighted by Crippen LogP contribution is 2.42. The Kier molecular flexibility index (Phi) is 5.73. The third-order valence-electron chi connectivity index (χ3n) is 4.99. The van der Waals surface area contributed by atoms with E-state index in [0.717, 1.165) is 5.56 Å². The van der Waals surface area contributed by atoms with Crippen LogP contribution in [-0.2, 0) is 15.1 Å². The van der Waals surface area contributed by atoms with Gasteiger partial charge in [-0.2, -0.15) is 0 Å². The van der Waals surface area contributed by atoms with Crippen molar-refractivity contribution in [1.29, 1.82) is 0 Å². The molecule has 7 nitrogen and oxygen atoms in total. The van der Waals surface area contributed by atoms with Gasteiger partial charge in [-0.3, -0.25) is 14.4 Å². The highest BCUT2D eigenvalue weighted by Gasteiger charge is 2.56. The van der Waals surface area contributed by atoms with Gasteiger partial charge in [-0.25, -0.2) is 4.79 Å². The summed E-state index contributed by atoms with van der Waals surface area (Å²) in [4.78, 5) is 51.0. The highest BCUT2D eigenvalue weighted by molar-refractivity contribution is 6.34. The van der Waals surface area contributed by atoms with Gasteiger partial charge in [0.15, 0.2) is 5.54 Å². The quantitative estimate of drug-likeness (QED) is 0.459. The molecule has 0 radical (unpaired) electrons. The van der Waals surface area contributed by atoms with E-state index in [4.69, 9.17) is 9.47 Å². The Morgan fingerprint density at radius 1 is 1.03 bits per heavy atom. The van der Waals surface area contributed by atoms with Gasteiger partial charge in [0, 0.05) is 23.6 Å². The summed E-state index contributed by atoms with van der Waals surface area (Å²) in [5.74, 6) is -1.65. The van der Waals surface area contributed by atoms with E-state index in [2.05, 4.69) is 5.32 Å². The molecule has 0 unspecified atom stereocenters. The standard InChI is InChI=1S/C23H23NO6/c1-5-29-22(28)30-19-12-15(13(2)3)10-11-18(19)23(24-14(4)25)20(26)16-8-6-7-9-17(16)21(23)27/h6-13H,5H2,1-4H3,(H,24,25). The van der Waals surface area contributed by atoms with E-state index < -0.39 is 29.2 Å². The molecule has 3 rings (SSSR count). The minimum absolute atomic E-state index is 0.0112. The molecule has 0 saturated carbocycles. The molecule has 0 bridgehead atoms. The number of hydrogen-bond donors (Lipinski definition) is 1. The summed E-state index contributed by atoms with van der Waals surface area (Å²) in [5.41, 5.74) is -0.710. The summed E-state index contributed by atoms with van der Waals surface area (Å²) in [7, 11) is 0. The van der Waals surface area contributed by atoms with Gasteiger partial charge < -0.3 is 14.8 Å². The van der Waals surface area contributed by atoms with Crippen molar-refractivity contribution in [1.82, 2.24) is 5.32 Å². The van der Waals surface area contributed by atoms with Crippen molar-refractivity contribution in [2.45, 2.75) is 39.2 Å². The van der Waals surface area contributed by atoms with Crippen LogP contribution in [0.4, 0.5) is 4.79 Å². The summed E-state index contributed by atoms with van der Waals surface area (Å²) in [6, 6.07) is 11.2. The number of carbonyl (C=O) groups is 4. The van der Waals surface area contributed by atoms with Crippen LogP contribution in [0.1, 0.15) is 65.5 Å². The number of hydrogen-bond acceptors (Lipinski definition) is 6. The van der Waals surface area contributed by atoms with Gasteiger partial charge in [0.05, 0.1) is 6.61 Å². The van der Waals surface area contributed by atoms with E-state index >= 15 is 0 Å². The van der Waals surface area contributed by atoms with Crippen LogP contribution in [0.15, 0.2) is 42.5 Å². The molecule has 0 heterocycles. The molecule has 0 aliphatic heterocycles. The maximum absolute atomic E-state index is 13.4. The summed E-state index contributed by atoms with van der Waals surface area (Å²) in [5, 5.41) is 2.54. The van der Waals surface area contributed by atoms with Crippen LogP contribution in [0.3, 0.4) is 0 Å². The van der Waals surface area contributed by atoms with E-state index in [1.807, 2.05) is 13.8 Å². The Morgan fingerprint density at radius 2 is 1.63 bits per heavy atom. The Labute approximate surface area is 174 Å². The molecule has 0 saturated heterocycles. The average molecular weight is 409 g/mol. The summed E-state index contributed by atoms with van der Waals surface area (Å²) in [6.07, 6.45) is -0.965. The van der Waals surface area contributed by atoms with E-state index in [-0.39, 0.29) is 35.0 Å². The van der Waals surface area contributed by atoms with Crippen LogP contribution < -0.4 is 10.1 Å². The molecular weight excluding hydrogens is 386 g/mol. The number of fused-ring (bicyclic) bond motifs is 1. The van der Waals surface area contributed by atoms with Gasteiger partial charge in [0.25, 0.3) is 0 Å². The van der Waals surface area contributed by atoms with Crippen LogP contribution in [-0.4, -0.2) is 30.2 Å². The molecule has 0 atom stereocenters. The lowest BCUT2D eigenvalue weighted by Crippen LogP contribution is -2.53. The number of benzene rings is 2. The van der Waals surface area contributed by atoms with Crippen LogP contribution >= 0.6 is 0 Å². The Morgan fingerprint density at radius 3 is 2.13 bits per heavy atom. The largest absolute Gasteiger partial charge is 0.513 e. The molecule has 2 aromatic rings. The van der Waals surface area contributed by atoms with Crippen molar-refractivity contribution in [3.8, 4) is 5.75 Å². The maximum Gasteiger partial charge on any atom is 0.513 e. The van der Waals surface area contributed by atoms with Crippen molar-refractivity contribution in [2.75, 3.05) is 6.61 Å². The smallest absolute Gasteiger partial charge is 0.434 e. The van der Waals surface area contributed by atoms with Gasteiger partial charge in [0.1, 0.15) is 5.75 Å². The molecule has 1 aliphatic carbocycles. The number of carbonyl (C=O) groups excluding carboxylic acids is 4. The predicted molar refractivity (Wildman–Crippen MR) is 109 cm³/mol. The number of ether oxygens (including phenoxy) is 2. The summed E-state index contributed by atoms with van der Waals surface area (Å²) < 4.78 is 10.2. The van der Waals surface area contributed by atoms with Crippen LogP contribution in [0, 0.1) is 0 Å². The number of rotatable bonds is 5. The van der Waals surface area contributed by atoms with Gasteiger partial charge in [0.2, 0.25) is 17.5 Å². The summed E-state index contributed by atoms with van der Waals surface area (Å²) >= 11 is 0. The average Bonchev–Trinajstić information content (AvgIpc) is 2.90. The molecular formula is C23H23NO6. The molecule has 2 aromatic carbocycles. The first-order valence-electron chi connectivity index (χ1n) is 9.68.